The highest BCUT2D eigenvalue weighted by Crippen LogP contribution is 2.45. The molecule has 2 saturated heterocycles. The lowest BCUT2D eigenvalue weighted by atomic mass is 9.76. The number of anilines is 1. The molecule has 1 aromatic carbocycles. The summed E-state index contributed by atoms with van der Waals surface area (Å²) in [7, 11) is 0. The van der Waals surface area contributed by atoms with Gasteiger partial charge in [-0.3, -0.25) is 19.4 Å². The summed E-state index contributed by atoms with van der Waals surface area (Å²) in [5.74, 6) is 0.269. The molecular weight excluding hydrogens is 471 g/mol. The highest BCUT2D eigenvalue weighted by Gasteiger charge is 2.44. The molecule has 1 aromatic heterocycles. The van der Waals surface area contributed by atoms with Crippen molar-refractivity contribution in [2.45, 2.75) is 58.8 Å². The molecular formula is C29H37FN4O3. The van der Waals surface area contributed by atoms with Gasteiger partial charge in [-0.1, -0.05) is 13.8 Å². The Morgan fingerprint density at radius 3 is 2.27 bits per heavy atom. The second kappa shape index (κ2) is 10.4. The Balaban J connectivity index is 0.00000137. The monoisotopic (exact) mass is 508 g/mol. The number of nitrogens with zero attached hydrogens (tertiary/aromatic N) is 4. The van der Waals surface area contributed by atoms with Gasteiger partial charge in [0.2, 0.25) is 5.91 Å². The van der Waals surface area contributed by atoms with Crippen LogP contribution in [0.3, 0.4) is 0 Å². The number of carbonyl (C=O) groups is 3. The standard InChI is InChI=1S/C27H31FN4O3.C2H6/c28-19-5-6-22-20(16-19)24(30-10-8-27(9-11-30)7-1-2-23(27)33)21(17-29-22)26(35)32-14-12-31(13-15-32)25(34)18-3-4-18;1-2/h5-6,16-18H,1-4,7-15H2;1-2H3. The molecule has 7 nitrogen and oxygen atoms in total. The molecule has 37 heavy (non-hydrogen) atoms. The molecule has 4 aliphatic rings. The van der Waals surface area contributed by atoms with Gasteiger partial charge in [-0.15, -0.1) is 0 Å². The highest BCUT2D eigenvalue weighted by atomic mass is 19.1. The number of rotatable bonds is 3. The first kappa shape index (κ1) is 25.6. The fraction of sp³-hybridized carbons (Fsp3) is 0.586. The van der Waals surface area contributed by atoms with Crippen molar-refractivity contribution in [3.63, 3.8) is 0 Å². The fourth-order valence-electron chi connectivity index (χ4n) is 6.22. The predicted molar refractivity (Wildman–Crippen MR) is 141 cm³/mol. The van der Waals surface area contributed by atoms with Gasteiger partial charge in [-0.25, -0.2) is 4.39 Å². The van der Waals surface area contributed by atoms with Crippen LogP contribution >= 0.6 is 0 Å². The number of ketones is 1. The number of carbonyl (C=O) groups excluding carboxylic acids is 3. The summed E-state index contributed by atoms with van der Waals surface area (Å²) in [6.07, 6.45) is 7.67. The van der Waals surface area contributed by atoms with Gasteiger partial charge in [0.1, 0.15) is 11.6 Å². The molecule has 2 aliphatic carbocycles. The molecule has 6 rings (SSSR count). The summed E-state index contributed by atoms with van der Waals surface area (Å²) >= 11 is 0. The SMILES string of the molecule is CC.O=C(c1cnc2ccc(F)cc2c1N1CCC2(CCCC2=O)CC1)N1CCN(C(=O)C2CC2)CC1. The second-order valence-corrected chi connectivity index (χ2v) is 10.6. The van der Waals surface area contributed by atoms with E-state index in [1.165, 1.54) is 12.1 Å². The molecule has 4 fully saturated rings. The first-order chi connectivity index (χ1) is 17.9. The van der Waals surface area contributed by atoms with Gasteiger partial charge >= 0.3 is 0 Å². The third-order valence-electron chi connectivity index (χ3n) is 8.52. The van der Waals surface area contributed by atoms with Crippen LogP contribution in [-0.4, -0.2) is 71.6 Å². The molecule has 2 aliphatic heterocycles. The normalized spacial score (nSPS) is 21.3. The van der Waals surface area contributed by atoms with E-state index in [0.717, 1.165) is 44.2 Å². The average Bonchev–Trinajstić information content (AvgIpc) is 3.73. The summed E-state index contributed by atoms with van der Waals surface area (Å²) in [6.45, 7) is 7.36. The van der Waals surface area contributed by atoms with Crippen molar-refractivity contribution >= 4 is 34.2 Å². The number of benzene rings is 1. The first-order valence-electron chi connectivity index (χ1n) is 13.9. The second-order valence-electron chi connectivity index (χ2n) is 10.6. The molecule has 0 bridgehead atoms. The number of halogens is 1. The van der Waals surface area contributed by atoms with Gasteiger partial charge in [-0.05, 0) is 56.7 Å². The van der Waals surface area contributed by atoms with Crippen LogP contribution in [-0.2, 0) is 9.59 Å². The minimum absolute atomic E-state index is 0.130. The minimum atomic E-state index is -0.364. The molecule has 2 saturated carbocycles. The smallest absolute Gasteiger partial charge is 0.257 e. The number of hydrogen-bond acceptors (Lipinski definition) is 5. The molecule has 8 heteroatoms. The van der Waals surface area contributed by atoms with Crippen LogP contribution in [0.4, 0.5) is 10.1 Å². The summed E-state index contributed by atoms with van der Waals surface area (Å²) in [5, 5.41) is 0.632. The lowest BCUT2D eigenvalue weighted by Crippen LogP contribution is -2.51. The van der Waals surface area contributed by atoms with Crippen LogP contribution < -0.4 is 4.90 Å². The minimum Gasteiger partial charge on any atom is -0.370 e. The molecule has 0 unspecified atom stereocenters. The van der Waals surface area contributed by atoms with Crippen molar-refractivity contribution in [2.75, 3.05) is 44.2 Å². The zero-order chi connectivity index (χ0) is 26.2. The number of Topliss-reactive ketones (excluding diaryl/α,β-unsaturated/α-hetero) is 1. The lowest BCUT2D eigenvalue weighted by molar-refractivity contribution is -0.134. The van der Waals surface area contributed by atoms with Crippen LogP contribution in [0.5, 0.6) is 0 Å². The zero-order valence-corrected chi connectivity index (χ0v) is 22.0. The Morgan fingerprint density at radius 2 is 1.65 bits per heavy atom. The third-order valence-corrected chi connectivity index (χ3v) is 8.52. The predicted octanol–water partition coefficient (Wildman–Crippen LogP) is 4.43. The number of piperidine rings is 1. The van der Waals surface area contributed by atoms with Crippen molar-refractivity contribution in [1.29, 1.82) is 0 Å². The van der Waals surface area contributed by atoms with E-state index < -0.39 is 0 Å². The van der Waals surface area contributed by atoms with Gasteiger partial charge in [-0.2, -0.15) is 0 Å². The molecule has 1 spiro atoms. The first-order valence-corrected chi connectivity index (χ1v) is 13.9. The van der Waals surface area contributed by atoms with E-state index in [0.29, 0.717) is 67.9 Å². The third kappa shape index (κ3) is 4.82. The van der Waals surface area contributed by atoms with E-state index in [2.05, 4.69) is 9.88 Å². The van der Waals surface area contributed by atoms with Crippen molar-refractivity contribution in [3.05, 3.63) is 35.8 Å². The Morgan fingerprint density at radius 1 is 0.973 bits per heavy atom. The van der Waals surface area contributed by atoms with Crippen molar-refractivity contribution < 1.29 is 18.8 Å². The number of pyridine rings is 1. The maximum atomic E-state index is 14.3. The Labute approximate surface area is 218 Å². The van der Waals surface area contributed by atoms with E-state index >= 15 is 0 Å². The summed E-state index contributed by atoms with van der Waals surface area (Å²) in [6, 6.07) is 4.50. The summed E-state index contributed by atoms with van der Waals surface area (Å²) in [4.78, 5) is 49.0. The molecule has 0 N–H and O–H groups in total. The van der Waals surface area contributed by atoms with Crippen molar-refractivity contribution in [2.24, 2.45) is 11.3 Å². The Kier molecular flexibility index (Phi) is 7.19. The van der Waals surface area contributed by atoms with Crippen LogP contribution in [0.15, 0.2) is 24.4 Å². The summed E-state index contributed by atoms with van der Waals surface area (Å²) in [5.41, 5.74) is 1.62. The van der Waals surface area contributed by atoms with Crippen LogP contribution in [0.1, 0.15) is 69.2 Å². The van der Waals surface area contributed by atoms with E-state index in [1.54, 1.807) is 17.2 Å². The number of aromatic nitrogens is 1. The molecule has 2 amide bonds. The maximum Gasteiger partial charge on any atom is 0.257 e. The maximum absolute atomic E-state index is 14.3. The number of hydrogen-bond donors (Lipinski definition) is 0. The quantitative estimate of drug-likeness (QED) is 0.613. The van der Waals surface area contributed by atoms with Crippen molar-refractivity contribution in [3.8, 4) is 0 Å². The van der Waals surface area contributed by atoms with Gasteiger partial charge in [0.05, 0.1) is 16.8 Å². The molecule has 0 atom stereocenters. The Hall–Kier alpha value is -3.03. The fourth-order valence-corrected chi connectivity index (χ4v) is 6.22. The van der Waals surface area contributed by atoms with E-state index in [9.17, 15) is 18.8 Å². The van der Waals surface area contributed by atoms with Crippen LogP contribution in [0.25, 0.3) is 10.9 Å². The summed E-state index contributed by atoms with van der Waals surface area (Å²) < 4.78 is 14.3. The molecule has 0 radical (unpaired) electrons. The zero-order valence-electron chi connectivity index (χ0n) is 22.0. The van der Waals surface area contributed by atoms with Gasteiger partial charge < -0.3 is 14.7 Å². The van der Waals surface area contributed by atoms with Gasteiger partial charge in [0.15, 0.2) is 0 Å². The van der Waals surface area contributed by atoms with E-state index in [-0.39, 0.29) is 29.0 Å². The van der Waals surface area contributed by atoms with Crippen LogP contribution in [0, 0.1) is 17.2 Å². The number of fused-ring (bicyclic) bond motifs is 1. The highest BCUT2D eigenvalue weighted by molar-refractivity contribution is 6.07. The topological polar surface area (TPSA) is 73.8 Å². The number of amides is 2. The molecule has 2 aromatic rings. The van der Waals surface area contributed by atoms with Gasteiger partial charge in [0.25, 0.3) is 5.91 Å². The van der Waals surface area contributed by atoms with Crippen molar-refractivity contribution in [1.82, 2.24) is 14.8 Å². The number of piperazine rings is 1. The lowest BCUT2D eigenvalue weighted by Gasteiger charge is -2.41. The average molecular weight is 509 g/mol. The van der Waals surface area contributed by atoms with E-state index in [4.69, 9.17) is 0 Å². The molecule has 3 heterocycles. The Bertz CT molecular complexity index is 1200. The van der Waals surface area contributed by atoms with Gasteiger partial charge in [0, 0.05) is 68.6 Å². The molecule has 198 valence electrons. The van der Waals surface area contributed by atoms with E-state index in [1.807, 2.05) is 18.7 Å². The largest absolute Gasteiger partial charge is 0.370 e. The van der Waals surface area contributed by atoms with Crippen LogP contribution in [0.2, 0.25) is 0 Å².